The van der Waals surface area contributed by atoms with Crippen LogP contribution in [0.3, 0.4) is 0 Å². The molecule has 1 heterocycles. The number of hydrogen-bond acceptors (Lipinski definition) is 4. The maximum absolute atomic E-state index is 12.6. The maximum Gasteiger partial charge on any atom is 0.246 e. The predicted molar refractivity (Wildman–Crippen MR) is 112 cm³/mol. The molecule has 1 atom stereocenters. The van der Waals surface area contributed by atoms with Crippen LogP contribution in [-0.4, -0.2) is 31.5 Å². The van der Waals surface area contributed by atoms with Gasteiger partial charge in [-0.05, 0) is 62.2 Å². The van der Waals surface area contributed by atoms with Gasteiger partial charge < -0.3 is 20.3 Å². The SMILES string of the molecule is COc1ccc(Cl)cc1NC(=O)[C@H](C)Nc1ccc(N2CCCC2=O)c(C)c1. The summed E-state index contributed by atoms with van der Waals surface area (Å²) in [6.45, 7) is 4.50. The molecule has 28 heavy (non-hydrogen) atoms. The zero-order valence-corrected chi connectivity index (χ0v) is 17.0. The van der Waals surface area contributed by atoms with Gasteiger partial charge in [0.05, 0.1) is 12.8 Å². The first-order chi connectivity index (χ1) is 13.4. The van der Waals surface area contributed by atoms with Crippen LogP contribution in [0.4, 0.5) is 17.1 Å². The van der Waals surface area contributed by atoms with Gasteiger partial charge in [-0.2, -0.15) is 0 Å². The second-order valence-electron chi connectivity index (χ2n) is 6.85. The Hall–Kier alpha value is -2.73. The predicted octanol–water partition coefficient (Wildman–Crippen LogP) is 4.22. The molecule has 1 aliphatic rings. The number of amides is 2. The molecule has 0 bridgehead atoms. The Bertz CT molecular complexity index is 900. The van der Waals surface area contributed by atoms with Gasteiger partial charge in [-0.1, -0.05) is 11.6 Å². The second-order valence-corrected chi connectivity index (χ2v) is 7.29. The summed E-state index contributed by atoms with van der Waals surface area (Å²) in [5, 5.41) is 6.54. The minimum Gasteiger partial charge on any atom is -0.495 e. The molecule has 2 N–H and O–H groups in total. The van der Waals surface area contributed by atoms with Crippen molar-refractivity contribution in [3.05, 3.63) is 47.0 Å². The number of rotatable bonds is 6. The van der Waals surface area contributed by atoms with Gasteiger partial charge in [0, 0.05) is 29.4 Å². The molecule has 148 valence electrons. The van der Waals surface area contributed by atoms with Crippen molar-refractivity contribution in [1.82, 2.24) is 0 Å². The van der Waals surface area contributed by atoms with Gasteiger partial charge >= 0.3 is 0 Å². The summed E-state index contributed by atoms with van der Waals surface area (Å²) in [4.78, 5) is 26.4. The largest absolute Gasteiger partial charge is 0.495 e. The fourth-order valence-electron chi connectivity index (χ4n) is 3.29. The number of methoxy groups -OCH3 is 1. The first-order valence-electron chi connectivity index (χ1n) is 9.21. The molecule has 2 aromatic rings. The van der Waals surface area contributed by atoms with Crippen LogP contribution in [0.2, 0.25) is 5.02 Å². The molecule has 0 radical (unpaired) electrons. The number of ether oxygens (including phenoxy) is 1. The zero-order valence-electron chi connectivity index (χ0n) is 16.2. The summed E-state index contributed by atoms with van der Waals surface area (Å²) in [6.07, 6.45) is 1.49. The summed E-state index contributed by atoms with van der Waals surface area (Å²) in [6, 6.07) is 10.3. The van der Waals surface area contributed by atoms with Crippen LogP contribution in [0.1, 0.15) is 25.3 Å². The highest BCUT2D eigenvalue weighted by molar-refractivity contribution is 6.31. The lowest BCUT2D eigenvalue weighted by molar-refractivity contribution is -0.117. The average molecular weight is 402 g/mol. The second kappa shape index (κ2) is 8.52. The van der Waals surface area contributed by atoms with E-state index >= 15 is 0 Å². The smallest absolute Gasteiger partial charge is 0.246 e. The number of hydrogen-bond donors (Lipinski definition) is 2. The van der Waals surface area contributed by atoms with Gasteiger partial charge in [0.1, 0.15) is 11.8 Å². The summed E-state index contributed by atoms with van der Waals surface area (Å²) in [5.41, 5.74) is 3.25. The Morgan fingerprint density at radius 3 is 2.68 bits per heavy atom. The standard InChI is InChI=1S/C21H24ClN3O3/c1-13-11-16(7-8-18(13)25-10-4-5-20(25)26)23-14(2)21(27)24-17-12-15(22)6-9-19(17)28-3/h6-9,11-12,14,23H,4-5,10H2,1-3H3,(H,24,27)/t14-/m0/s1. The van der Waals surface area contributed by atoms with E-state index in [0.29, 0.717) is 22.9 Å². The van der Waals surface area contributed by atoms with Gasteiger partial charge in [-0.25, -0.2) is 0 Å². The monoisotopic (exact) mass is 401 g/mol. The maximum atomic E-state index is 12.6. The van der Waals surface area contributed by atoms with Crippen LogP contribution in [0.15, 0.2) is 36.4 Å². The number of carbonyl (C=O) groups is 2. The lowest BCUT2D eigenvalue weighted by Gasteiger charge is -2.21. The third kappa shape index (κ3) is 4.39. The Morgan fingerprint density at radius 2 is 2.04 bits per heavy atom. The summed E-state index contributed by atoms with van der Waals surface area (Å²) >= 11 is 6.01. The van der Waals surface area contributed by atoms with E-state index in [2.05, 4.69) is 10.6 Å². The van der Waals surface area contributed by atoms with Crippen LogP contribution in [0.5, 0.6) is 5.75 Å². The van der Waals surface area contributed by atoms with Crippen LogP contribution in [-0.2, 0) is 9.59 Å². The number of aryl methyl sites for hydroxylation is 1. The fraction of sp³-hybridized carbons (Fsp3) is 0.333. The highest BCUT2D eigenvalue weighted by atomic mass is 35.5. The van der Waals surface area contributed by atoms with E-state index in [1.807, 2.05) is 30.0 Å². The van der Waals surface area contributed by atoms with E-state index in [1.165, 1.54) is 7.11 Å². The Labute approximate surface area is 169 Å². The van der Waals surface area contributed by atoms with Crippen molar-refractivity contribution in [1.29, 1.82) is 0 Å². The van der Waals surface area contributed by atoms with E-state index < -0.39 is 6.04 Å². The lowest BCUT2D eigenvalue weighted by Crippen LogP contribution is -2.32. The molecule has 0 aliphatic carbocycles. The van der Waals surface area contributed by atoms with E-state index in [1.54, 1.807) is 25.1 Å². The molecule has 1 aliphatic heterocycles. The molecule has 0 spiro atoms. The molecule has 6 nitrogen and oxygen atoms in total. The minimum absolute atomic E-state index is 0.159. The molecular formula is C21H24ClN3O3. The quantitative estimate of drug-likeness (QED) is 0.760. The molecule has 1 fully saturated rings. The Morgan fingerprint density at radius 1 is 1.25 bits per heavy atom. The third-order valence-corrected chi connectivity index (χ3v) is 4.99. The number of nitrogens with zero attached hydrogens (tertiary/aromatic N) is 1. The van der Waals surface area contributed by atoms with Crippen molar-refractivity contribution in [3.63, 3.8) is 0 Å². The normalized spacial score (nSPS) is 14.7. The average Bonchev–Trinajstić information content (AvgIpc) is 3.07. The van der Waals surface area contributed by atoms with Gasteiger partial charge in [0.2, 0.25) is 11.8 Å². The summed E-state index contributed by atoms with van der Waals surface area (Å²) in [7, 11) is 1.54. The number of carbonyl (C=O) groups excluding carboxylic acids is 2. The highest BCUT2D eigenvalue weighted by Gasteiger charge is 2.23. The van der Waals surface area contributed by atoms with Crippen LogP contribution in [0, 0.1) is 6.92 Å². The molecule has 2 amide bonds. The van der Waals surface area contributed by atoms with Crippen LogP contribution in [0.25, 0.3) is 0 Å². The summed E-state index contributed by atoms with van der Waals surface area (Å²) in [5.74, 6) is 0.490. The van der Waals surface area contributed by atoms with Gasteiger partial charge in [0.25, 0.3) is 0 Å². The van der Waals surface area contributed by atoms with Gasteiger partial charge in [-0.15, -0.1) is 0 Å². The first-order valence-corrected chi connectivity index (χ1v) is 9.59. The van der Waals surface area contributed by atoms with Crippen molar-refractivity contribution < 1.29 is 14.3 Å². The number of anilines is 3. The molecule has 2 aromatic carbocycles. The topological polar surface area (TPSA) is 70.7 Å². The third-order valence-electron chi connectivity index (χ3n) is 4.76. The van der Waals surface area contributed by atoms with Crippen molar-refractivity contribution in [2.75, 3.05) is 29.2 Å². The van der Waals surface area contributed by atoms with E-state index in [-0.39, 0.29) is 11.8 Å². The van der Waals surface area contributed by atoms with Crippen molar-refractivity contribution in [2.45, 2.75) is 32.7 Å². The molecule has 3 rings (SSSR count). The molecule has 0 aromatic heterocycles. The van der Waals surface area contributed by atoms with Crippen molar-refractivity contribution in [2.24, 2.45) is 0 Å². The molecule has 0 unspecified atom stereocenters. The molecular weight excluding hydrogens is 378 g/mol. The number of nitrogens with one attached hydrogen (secondary N) is 2. The number of halogens is 1. The van der Waals surface area contributed by atoms with Gasteiger partial charge in [-0.3, -0.25) is 9.59 Å². The van der Waals surface area contributed by atoms with Crippen molar-refractivity contribution in [3.8, 4) is 5.75 Å². The zero-order chi connectivity index (χ0) is 20.3. The minimum atomic E-state index is -0.484. The number of benzene rings is 2. The Balaban J connectivity index is 1.68. The molecule has 0 saturated carbocycles. The van der Waals surface area contributed by atoms with Crippen LogP contribution < -0.4 is 20.3 Å². The van der Waals surface area contributed by atoms with Crippen molar-refractivity contribution >= 4 is 40.5 Å². The molecule has 1 saturated heterocycles. The van der Waals surface area contributed by atoms with E-state index in [9.17, 15) is 9.59 Å². The van der Waals surface area contributed by atoms with E-state index in [0.717, 1.165) is 29.9 Å². The fourth-order valence-corrected chi connectivity index (χ4v) is 3.46. The molecule has 7 heteroatoms. The van der Waals surface area contributed by atoms with E-state index in [4.69, 9.17) is 16.3 Å². The lowest BCUT2D eigenvalue weighted by atomic mass is 10.1. The first kappa shape index (κ1) is 20.0. The van der Waals surface area contributed by atoms with Crippen LogP contribution >= 0.6 is 11.6 Å². The summed E-state index contributed by atoms with van der Waals surface area (Å²) < 4.78 is 5.26. The highest BCUT2D eigenvalue weighted by Crippen LogP contribution is 2.29. The Kier molecular flexibility index (Phi) is 6.09. The van der Waals surface area contributed by atoms with Gasteiger partial charge in [0.15, 0.2) is 0 Å².